The van der Waals surface area contributed by atoms with Crippen LogP contribution in [0.15, 0.2) is 18.2 Å². The van der Waals surface area contributed by atoms with Gasteiger partial charge in [0, 0.05) is 16.3 Å². The number of halogens is 1. The minimum atomic E-state index is 0.386. The molecule has 0 aliphatic heterocycles. The smallest absolute Gasteiger partial charge is 0.180 e. The number of hydrogen-bond donors (Lipinski definition) is 1. The number of rotatable bonds is 3. The molecule has 0 aliphatic carbocycles. The van der Waals surface area contributed by atoms with Crippen LogP contribution in [0.5, 0.6) is 0 Å². The van der Waals surface area contributed by atoms with Gasteiger partial charge in [-0.25, -0.2) is 4.98 Å². The molecule has 0 atom stereocenters. The molecule has 1 heterocycles. The molecule has 2 nitrogen and oxygen atoms in total. The Morgan fingerprint density at radius 3 is 2.78 bits per heavy atom. The van der Waals surface area contributed by atoms with Crippen LogP contribution in [0.4, 0.5) is 5.13 Å². The van der Waals surface area contributed by atoms with Crippen LogP contribution >= 0.6 is 22.9 Å². The van der Waals surface area contributed by atoms with Gasteiger partial charge in [0.05, 0.1) is 5.69 Å². The summed E-state index contributed by atoms with van der Waals surface area (Å²) in [5.74, 6) is 0.386. The van der Waals surface area contributed by atoms with Crippen molar-refractivity contribution < 1.29 is 0 Å². The summed E-state index contributed by atoms with van der Waals surface area (Å²) in [6.07, 6.45) is 0.808. The van der Waals surface area contributed by atoms with Crippen molar-refractivity contribution >= 4 is 28.1 Å². The topological polar surface area (TPSA) is 38.9 Å². The highest BCUT2D eigenvalue weighted by atomic mass is 35.5. The molecule has 0 saturated heterocycles. The molecule has 2 rings (SSSR count). The van der Waals surface area contributed by atoms with E-state index in [2.05, 4.69) is 31.8 Å². The summed E-state index contributed by atoms with van der Waals surface area (Å²) < 4.78 is 0. The predicted molar refractivity (Wildman–Crippen MR) is 79.6 cm³/mol. The lowest BCUT2D eigenvalue weighted by atomic mass is 10.0. The van der Waals surface area contributed by atoms with Crippen molar-refractivity contribution in [1.82, 2.24) is 4.98 Å². The van der Waals surface area contributed by atoms with E-state index in [0.717, 1.165) is 22.7 Å². The Morgan fingerprint density at radius 2 is 2.11 bits per heavy atom. The van der Waals surface area contributed by atoms with E-state index >= 15 is 0 Å². The Kier molecular flexibility index (Phi) is 3.93. The van der Waals surface area contributed by atoms with E-state index < -0.39 is 0 Å². The number of benzene rings is 1. The molecule has 0 aliphatic rings. The second-order valence-electron chi connectivity index (χ2n) is 4.79. The van der Waals surface area contributed by atoms with E-state index in [1.807, 2.05) is 12.1 Å². The van der Waals surface area contributed by atoms with Gasteiger partial charge in [0.2, 0.25) is 0 Å². The van der Waals surface area contributed by atoms with Crippen molar-refractivity contribution in [3.8, 4) is 0 Å². The third kappa shape index (κ3) is 2.85. The Hall–Kier alpha value is -1.06. The van der Waals surface area contributed by atoms with Gasteiger partial charge in [-0.05, 0) is 24.5 Å². The maximum absolute atomic E-state index is 6.24. The molecule has 2 aromatic rings. The molecule has 18 heavy (non-hydrogen) atoms. The van der Waals surface area contributed by atoms with Crippen LogP contribution in [-0.4, -0.2) is 4.98 Å². The number of aryl methyl sites for hydroxylation is 1. The van der Waals surface area contributed by atoms with E-state index in [0.29, 0.717) is 11.0 Å². The normalized spacial score (nSPS) is 11.2. The number of hydrogen-bond acceptors (Lipinski definition) is 3. The van der Waals surface area contributed by atoms with Gasteiger partial charge in [-0.1, -0.05) is 43.1 Å². The van der Waals surface area contributed by atoms with E-state index in [-0.39, 0.29) is 0 Å². The Bertz CT molecular complexity index is 561. The molecule has 0 bridgehead atoms. The van der Waals surface area contributed by atoms with Gasteiger partial charge in [0.15, 0.2) is 5.13 Å². The molecule has 0 fully saturated rings. The standard InChI is InChI=1S/C14H17ClN2S/c1-8(2)13-12(18-14(16)17-13)7-10-6-9(3)4-5-11(10)15/h4-6,8H,7H2,1-3H3,(H2,16,17). The van der Waals surface area contributed by atoms with Crippen molar-refractivity contribution in [2.24, 2.45) is 0 Å². The van der Waals surface area contributed by atoms with Crippen LogP contribution in [0.3, 0.4) is 0 Å². The number of nitrogen functional groups attached to an aromatic ring is 1. The molecule has 1 aromatic heterocycles. The van der Waals surface area contributed by atoms with Crippen molar-refractivity contribution in [3.05, 3.63) is 44.9 Å². The van der Waals surface area contributed by atoms with Gasteiger partial charge < -0.3 is 5.73 Å². The molecule has 1 aromatic carbocycles. The highest BCUT2D eigenvalue weighted by Crippen LogP contribution is 2.30. The Balaban J connectivity index is 2.36. The summed E-state index contributed by atoms with van der Waals surface area (Å²) in [5.41, 5.74) is 9.27. The quantitative estimate of drug-likeness (QED) is 0.905. The van der Waals surface area contributed by atoms with Crippen molar-refractivity contribution in [2.45, 2.75) is 33.1 Å². The summed E-state index contributed by atoms with van der Waals surface area (Å²) in [7, 11) is 0. The maximum atomic E-state index is 6.24. The number of thiazole rings is 1. The number of aromatic nitrogens is 1. The molecular weight excluding hydrogens is 264 g/mol. The average Bonchev–Trinajstić information content (AvgIpc) is 2.65. The first-order valence-electron chi connectivity index (χ1n) is 5.97. The van der Waals surface area contributed by atoms with E-state index in [4.69, 9.17) is 17.3 Å². The molecule has 96 valence electrons. The van der Waals surface area contributed by atoms with Gasteiger partial charge in [-0.2, -0.15) is 0 Å². The number of anilines is 1. The first kappa shape index (κ1) is 13.4. The zero-order valence-electron chi connectivity index (χ0n) is 10.8. The fraction of sp³-hybridized carbons (Fsp3) is 0.357. The second-order valence-corrected chi connectivity index (χ2v) is 6.31. The first-order chi connectivity index (χ1) is 8.47. The van der Waals surface area contributed by atoms with Crippen molar-refractivity contribution in [1.29, 1.82) is 0 Å². The number of nitrogens with two attached hydrogens (primary N) is 1. The lowest BCUT2D eigenvalue weighted by Crippen LogP contribution is -1.96. The molecule has 4 heteroatoms. The van der Waals surface area contributed by atoms with Crippen molar-refractivity contribution in [3.63, 3.8) is 0 Å². The van der Waals surface area contributed by atoms with E-state index in [1.54, 1.807) is 11.3 Å². The van der Waals surface area contributed by atoms with Gasteiger partial charge in [-0.3, -0.25) is 0 Å². The van der Waals surface area contributed by atoms with Crippen LogP contribution in [0, 0.1) is 6.92 Å². The van der Waals surface area contributed by atoms with Crippen LogP contribution in [0.1, 0.15) is 41.5 Å². The van der Waals surface area contributed by atoms with Crippen molar-refractivity contribution in [2.75, 3.05) is 5.73 Å². The molecule has 2 N–H and O–H groups in total. The minimum Gasteiger partial charge on any atom is -0.375 e. The average molecular weight is 281 g/mol. The largest absolute Gasteiger partial charge is 0.375 e. The summed E-state index contributed by atoms with van der Waals surface area (Å²) in [4.78, 5) is 5.63. The third-order valence-electron chi connectivity index (χ3n) is 2.84. The monoisotopic (exact) mass is 280 g/mol. The highest BCUT2D eigenvalue weighted by molar-refractivity contribution is 7.15. The van der Waals surface area contributed by atoms with E-state index in [9.17, 15) is 0 Å². The van der Waals surface area contributed by atoms with Gasteiger partial charge in [-0.15, -0.1) is 11.3 Å². The minimum absolute atomic E-state index is 0.386. The summed E-state index contributed by atoms with van der Waals surface area (Å²) in [6, 6.07) is 6.10. The number of nitrogens with zero attached hydrogens (tertiary/aromatic N) is 1. The summed E-state index contributed by atoms with van der Waals surface area (Å²) >= 11 is 7.80. The lowest BCUT2D eigenvalue weighted by molar-refractivity contribution is 0.820. The molecule has 0 saturated carbocycles. The summed E-state index contributed by atoms with van der Waals surface area (Å²) in [6.45, 7) is 6.34. The molecule has 0 spiro atoms. The third-order valence-corrected chi connectivity index (χ3v) is 4.11. The predicted octanol–water partition coefficient (Wildman–Crippen LogP) is 4.40. The second kappa shape index (κ2) is 5.29. The molecule has 0 unspecified atom stereocenters. The van der Waals surface area contributed by atoms with E-state index in [1.165, 1.54) is 10.4 Å². The Labute approximate surface area is 117 Å². The highest BCUT2D eigenvalue weighted by Gasteiger charge is 2.14. The maximum Gasteiger partial charge on any atom is 0.180 e. The van der Waals surface area contributed by atoms with Crippen LogP contribution in [-0.2, 0) is 6.42 Å². The van der Waals surface area contributed by atoms with Gasteiger partial charge in [0.1, 0.15) is 0 Å². The fourth-order valence-electron chi connectivity index (χ4n) is 1.97. The summed E-state index contributed by atoms with van der Waals surface area (Å²) in [5, 5.41) is 1.44. The van der Waals surface area contributed by atoms with Crippen LogP contribution in [0.2, 0.25) is 5.02 Å². The Morgan fingerprint density at radius 1 is 1.39 bits per heavy atom. The van der Waals surface area contributed by atoms with Gasteiger partial charge >= 0.3 is 0 Å². The zero-order chi connectivity index (χ0) is 13.3. The lowest BCUT2D eigenvalue weighted by Gasteiger charge is -2.07. The first-order valence-corrected chi connectivity index (χ1v) is 7.17. The van der Waals surface area contributed by atoms with Crippen LogP contribution in [0.25, 0.3) is 0 Å². The SMILES string of the molecule is Cc1ccc(Cl)c(Cc2sc(N)nc2C(C)C)c1. The molecule has 0 radical (unpaired) electrons. The van der Waals surface area contributed by atoms with Gasteiger partial charge in [0.25, 0.3) is 0 Å². The fourth-order valence-corrected chi connectivity index (χ4v) is 3.17. The zero-order valence-corrected chi connectivity index (χ0v) is 12.4. The molecule has 0 amide bonds. The molecular formula is C14H17ClN2S. The van der Waals surface area contributed by atoms with Crippen LogP contribution < -0.4 is 5.73 Å².